The Hall–Kier alpha value is -1.59. The molecule has 1 atom stereocenters. The molecule has 1 heterocycles. The number of piperidine rings is 1. The van der Waals surface area contributed by atoms with E-state index < -0.39 is 11.9 Å². The number of nitrogens with one attached hydrogen (secondary N) is 1. The predicted molar refractivity (Wildman–Crippen MR) is 69.5 cm³/mol. The van der Waals surface area contributed by atoms with Crippen molar-refractivity contribution in [1.29, 1.82) is 0 Å². The van der Waals surface area contributed by atoms with Gasteiger partial charge in [-0.3, -0.25) is 14.4 Å². The Morgan fingerprint density at radius 1 is 1.32 bits per heavy atom. The second-order valence-corrected chi connectivity index (χ2v) is 4.82. The summed E-state index contributed by atoms with van der Waals surface area (Å²) >= 11 is 0. The summed E-state index contributed by atoms with van der Waals surface area (Å²) in [5, 5.41) is 11.6. The highest BCUT2D eigenvalue weighted by molar-refractivity contribution is 5.79. The number of hydrogen-bond acceptors (Lipinski definition) is 3. The van der Waals surface area contributed by atoms with Crippen LogP contribution < -0.4 is 5.32 Å². The van der Waals surface area contributed by atoms with E-state index in [9.17, 15) is 14.4 Å². The van der Waals surface area contributed by atoms with Gasteiger partial charge in [-0.2, -0.15) is 0 Å². The fourth-order valence-corrected chi connectivity index (χ4v) is 2.25. The maximum atomic E-state index is 11.9. The van der Waals surface area contributed by atoms with Crippen LogP contribution in [0.3, 0.4) is 0 Å². The lowest BCUT2D eigenvalue weighted by molar-refractivity contribution is -0.145. The van der Waals surface area contributed by atoms with Crippen molar-refractivity contribution < 1.29 is 19.5 Å². The number of carboxylic acid groups (broad SMARTS) is 1. The van der Waals surface area contributed by atoms with Crippen molar-refractivity contribution in [2.75, 3.05) is 19.6 Å². The number of hydrogen-bond donors (Lipinski definition) is 2. The second kappa shape index (κ2) is 7.76. The minimum absolute atomic E-state index is 0.0441. The molecule has 0 spiro atoms. The molecule has 1 aliphatic heterocycles. The molecule has 1 aliphatic rings. The maximum absolute atomic E-state index is 11.9. The zero-order chi connectivity index (χ0) is 14.3. The Balaban J connectivity index is 2.29. The Kier molecular flexibility index (Phi) is 6.32. The summed E-state index contributed by atoms with van der Waals surface area (Å²) in [6.07, 6.45) is 2.54. The van der Waals surface area contributed by atoms with Crippen LogP contribution in [0.1, 0.15) is 39.0 Å². The van der Waals surface area contributed by atoms with Crippen LogP contribution in [0.25, 0.3) is 0 Å². The highest BCUT2D eigenvalue weighted by Crippen LogP contribution is 2.17. The predicted octanol–water partition coefficient (Wildman–Crippen LogP) is 0.616. The molecule has 0 radical (unpaired) electrons. The molecule has 0 unspecified atom stereocenters. The van der Waals surface area contributed by atoms with E-state index in [0.29, 0.717) is 45.3 Å². The summed E-state index contributed by atoms with van der Waals surface area (Å²) in [5.41, 5.74) is 0. The molecule has 1 rings (SSSR count). The lowest BCUT2D eigenvalue weighted by atomic mass is 9.98. The lowest BCUT2D eigenvalue weighted by Gasteiger charge is -2.30. The van der Waals surface area contributed by atoms with Crippen molar-refractivity contribution in [3.8, 4) is 0 Å². The number of rotatable bonds is 6. The standard InChI is InChI=1S/C13H22N2O4/c1-2-14-11(16)6-3-7-12(17)15-8-4-5-10(9-15)13(18)19/h10H,2-9H2,1H3,(H,14,16)(H,18,19)/t10-/m0/s1. The molecule has 0 bridgehead atoms. The summed E-state index contributed by atoms with van der Waals surface area (Å²) in [6.45, 7) is 3.38. The van der Waals surface area contributed by atoms with Gasteiger partial charge >= 0.3 is 5.97 Å². The van der Waals surface area contributed by atoms with E-state index in [2.05, 4.69) is 5.32 Å². The highest BCUT2D eigenvalue weighted by Gasteiger charge is 2.27. The van der Waals surface area contributed by atoms with E-state index in [1.165, 1.54) is 0 Å². The minimum Gasteiger partial charge on any atom is -0.481 e. The molecule has 0 aliphatic carbocycles. The van der Waals surface area contributed by atoms with Crippen LogP contribution in [-0.2, 0) is 14.4 Å². The molecule has 1 saturated heterocycles. The number of carbonyl (C=O) groups excluding carboxylic acids is 2. The van der Waals surface area contributed by atoms with E-state index in [4.69, 9.17) is 5.11 Å². The molecule has 108 valence electrons. The number of nitrogens with zero attached hydrogens (tertiary/aromatic N) is 1. The summed E-state index contributed by atoms with van der Waals surface area (Å²) in [5.74, 6) is -1.37. The normalized spacial score (nSPS) is 19.0. The first-order chi connectivity index (χ1) is 9.04. The van der Waals surface area contributed by atoms with Crippen molar-refractivity contribution in [2.24, 2.45) is 5.92 Å². The molecule has 19 heavy (non-hydrogen) atoms. The summed E-state index contributed by atoms with van der Waals surface area (Å²) in [6, 6.07) is 0. The van der Waals surface area contributed by atoms with Crippen LogP contribution in [0.5, 0.6) is 0 Å². The van der Waals surface area contributed by atoms with Crippen LogP contribution in [-0.4, -0.2) is 47.4 Å². The van der Waals surface area contributed by atoms with E-state index >= 15 is 0 Å². The van der Waals surface area contributed by atoms with E-state index in [0.717, 1.165) is 6.42 Å². The smallest absolute Gasteiger partial charge is 0.308 e. The van der Waals surface area contributed by atoms with Crippen molar-refractivity contribution in [2.45, 2.75) is 39.0 Å². The molecule has 6 heteroatoms. The number of likely N-dealkylation sites (tertiary alicyclic amines) is 1. The SMILES string of the molecule is CCNC(=O)CCCC(=O)N1CCC[C@H](C(=O)O)C1. The van der Waals surface area contributed by atoms with E-state index in [-0.39, 0.29) is 11.8 Å². The number of carbonyl (C=O) groups is 3. The minimum atomic E-state index is -0.833. The third kappa shape index (κ3) is 5.28. The van der Waals surface area contributed by atoms with Gasteiger partial charge in [-0.15, -0.1) is 0 Å². The van der Waals surface area contributed by atoms with Crippen LogP contribution in [0, 0.1) is 5.92 Å². The molecule has 1 fully saturated rings. The molecule has 0 aromatic rings. The number of carboxylic acids is 1. The average molecular weight is 270 g/mol. The third-order valence-electron chi connectivity index (χ3n) is 3.29. The summed E-state index contributed by atoms with van der Waals surface area (Å²) in [7, 11) is 0. The first-order valence-corrected chi connectivity index (χ1v) is 6.81. The fourth-order valence-electron chi connectivity index (χ4n) is 2.25. The fraction of sp³-hybridized carbons (Fsp3) is 0.769. The van der Waals surface area contributed by atoms with Gasteiger partial charge in [-0.1, -0.05) is 0 Å². The van der Waals surface area contributed by atoms with Crippen molar-refractivity contribution in [3.63, 3.8) is 0 Å². The summed E-state index contributed by atoms with van der Waals surface area (Å²) in [4.78, 5) is 35.7. The highest BCUT2D eigenvalue weighted by atomic mass is 16.4. The van der Waals surface area contributed by atoms with Gasteiger partial charge < -0.3 is 15.3 Å². The monoisotopic (exact) mass is 270 g/mol. The van der Waals surface area contributed by atoms with Gasteiger partial charge in [0.25, 0.3) is 0 Å². The first-order valence-electron chi connectivity index (χ1n) is 6.81. The molecule has 6 nitrogen and oxygen atoms in total. The van der Waals surface area contributed by atoms with Gasteiger partial charge in [0.05, 0.1) is 5.92 Å². The molecule has 0 aromatic heterocycles. The van der Waals surface area contributed by atoms with Gasteiger partial charge in [0.15, 0.2) is 0 Å². The molecule has 2 amide bonds. The average Bonchev–Trinajstić information content (AvgIpc) is 2.39. The van der Waals surface area contributed by atoms with Gasteiger partial charge in [-0.05, 0) is 26.2 Å². The van der Waals surface area contributed by atoms with Gasteiger partial charge in [0.1, 0.15) is 0 Å². The van der Waals surface area contributed by atoms with Gasteiger partial charge in [0.2, 0.25) is 11.8 Å². The van der Waals surface area contributed by atoms with E-state index in [1.807, 2.05) is 6.92 Å². The zero-order valence-electron chi connectivity index (χ0n) is 11.4. The van der Waals surface area contributed by atoms with E-state index in [1.54, 1.807) is 4.90 Å². The van der Waals surface area contributed by atoms with Crippen LogP contribution in [0.2, 0.25) is 0 Å². The molecule has 0 aromatic carbocycles. The number of amides is 2. The lowest BCUT2D eigenvalue weighted by Crippen LogP contribution is -2.42. The quantitative estimate of drug-likeness (QED) is 0.740. The second-order valence-electron chi connectivity index (χ2n) is 4.82. The summed E-state index contributed by atoms with van der Waals surface area (Å²) < 4.78 is 0. The Bertz CT molecular complexity index is 344. The van der Waals surface area contributed by atoms with Crippen LogP contribution in [0.15, 0.2) is 0 Å². The molecular weight excluding hydrogens is 248 g/mol. The molecule has 0 saturated carbocycles. The van der Waals surface area contributed by atoms with Crippen LogP contribution in [0.4, 0.5) is 0 Å². The van der Waals surface area contributed by atoms with Gasteiger partial charge in [0, 0.05) is 32.5 Å². The maximum Gasteiger partial charge on any atom is 0.308 e. The topological polar surface area (TPSA) is 86.7 Å². The van der Waals surface area contributed by atoms with Crippen molar-refractivity contribution in [1.82, 2.24) is 10.2 Å². The van der Waals surface area contributed by atoms with Crippen molar-refractivity contribution in [3.05, 3.63) is 0 Å². The Labute approximate surface area is 113 Å². The van der Waals surface area contributed by atoms with Gasteiger partial charge in [-0.25, -0.2) is 0 Å². The Morgan fingerprint density at radius 3 is 2.68 bits per heavy atom. The molecular formula is C13H22N2O4. The van der Waals surface area contributed by atoms with Crippen LogP contribution >= 0.6 is 0 Å². The molecule has 2 N–H and O–H groups in total. The zero-order valence-corrected chi connectivity index (χ0v) is 11.4. The third-order valence-corrected chi connectivity index (χ3v) is 3.29. The number of aliphatic carboxylic acids is 1. The largest absolute Gasteiger partial charge is 0.481 e. The first kappa shape index (κ1) is 15.5. The van der Waals surface area contributed by atoms with Crippen molar-refractivity contribution >= 4 is 17.8 Å². The Morgan fingerprint density at radius 2 is 2.05 bits per heavy atom.